The maximum Gasteiger partial charge on any atom is 0.106 e. The van der Waals surface area contributed by atoms with Crippen LogP contribution in [0.1, 0.15) is 58.3 Å². The van der Waals surface area contributed by atoms with Crippen molar-refractivity contribution in [3.63, 3.8) is 0 Å². The van der Waals surface area contributed by atoms with Crippen molar-refractivity contribution in [1.29, 1.82) is 5.26 Å². The molecule has 2 saturated carbocycles. The van der Waals surface area contributed by atoms with Gasteiger partial charge in [-0.3, -0.25) is 5.32 Å². The Hall–Kier alpha value is -0.550. The molecule has 0 amide bonds. The zero-order chi connectivity index (χ0) is 10.7. The highest BCUT2D eigenvalue weighted by Crippen LogP contribution is 2.40. The van der Waals surface area contributed by atoms with Gasteiger partial charge in [-0.15, -0.1) is 0 Å². The van der Waals surface area contributed by atoms with E-state index in [9.17, 15) is 5.26 Å². The quantitative estimate of drug-likeness (QED) is 0.721. The molecule has 0 saturated heterocycles. The van der Waals surface area contributed by atoms with Crippen LogP contribution in [0.15, 0.2) is 0 Å². The summed E-state index contributed by atoms with van der Waals surface area (Å²) in [7, 11) is 0. The third kappa shape index (κ3) is 2.72. The van der Waals surface area contributed by atoms with E-state index in [1.807, 2.05) is 0 Å². The summed E-state index contributed by atoms with van der Waals surface area (Å²) in [5.41, 5.74) is -0.241. The predicted molar refractivity (Wildman–Crippen MR) is 61.4 cm³/mol. The fraction of sp³-hybridized carbons (Fsp3) is 0.923. The smallest absolute Gasteiger partial charge is 0.106 e. The lowest BCUT2D eigenvalue weighted by molar-refractivity contribution is 0.321. The van der Waals surface area contributed by atoms with E-state index in [2.05, 4.69) is 18.3 Å². The Morgan fingerprint density at radius 1 is 1.07 bits per heavy atom. The van der Waals surface area contributed by atoms with Gasteiger partial charge in [-0.1, -0.05) is 25.7 Å². The van der Waals surface area contributed by atoms with Gasteiger partial charge in [0.2, 0.25) is 0 Å². The molecule has 2 aliphatic carbocycles. The van der Waals surface area contributed by atoms with Gasteiger partial charge in [0, 0.05) is 6.04 Å². The molecule has 0 aromatic rings. The molecule has 15 heavy (non-hydrogen) atoms. The lowest BCUT2D eigenvalue weighted by atomic mass is 9.95. The molecule has 2 aliphatic rings. The van der Waals surface area contributed by atoms with Gasteiger partial charge >= 0.3 is 0 Å². The molecule has 2 rings (SSSR count). The third-order valence-corrected chi connectivity index (χ3v) is 3.99. The number of nitrogens with zero attached hydrogens (tertiary/aromatic N) is 1. The largest absolute Gasteiger partial charge is 0.297 e. The fourth-order valence-corrected chi connectivity index (χ4v) is 2.75. The van der Waals surface area contributed by atoms with E-state index in [-0.39, 0.29) is 5.54 Å². The monoisotopic (exact) mass is 206 g/mol. The second kappa shape index (κ2) is 4.53. The Morgan fingerprint density at radius 2 is 1.67 bits per heavy atom. The number of hydrogen-bond acceptors (Lipinski definition) is 2. The van der Waals surface area contributed by atoms with Crippen LogP contribution < -0.4 is 5.32 Å². The van der Waals surface area contributed by atoms with Gasteiger partial charge in [0.05, 0.1) is 6.07 Å². The first-order valence-electron chi connectivity index (χ1n) is 6.43. The van der Waals surface area contributed by atoms with E-state index in [4.69, 9.17) is 0 Å². The van der Waals surface area contributed by atoms with E-state index in [0.717, 1.165) is 0 Å². The molecular weight excluding hydrogens is 184 g/mol. The van der Waals surface area contributed by atoms with E-state index < -0.39 is 0 Å². The minimum Gasteiger partial charge on any atom is -0.297 e. The Bertz CT molecular complexity index is 244. The summed E-state index contributed by atoms with van der Waals surface area (Å²) in [6.45, 7) is 2.09. The van der Waals surface area contributed by atoms with Crippen molar-refractivity contribution >= 4 is 0 Å². The summed E-state index contributed by atoms with van der Waals surface area (Å²) in [6, 6.07) is 3.09. The predicted octanol–water partition coefficient (Wildman–Crippen LogP) is 2.99. The van der Waals surface area contributed by atoms with Crippen molar-refractivity contribution in [1.82, 2.24) is 5.32 Å². The molecule has 0 bridgehead atoms. The SMILES string of the molecule is CC(C#N)(NC1CCCCCC1)C1CC1. The maximum atomic E-state index is 9.28. The van der Waals surface area contributed by atoms with Crippen molar-refractivity contribution in [3.8, 4) is 6.07 Å². The number of rotatable bonds is 3. The first kappa shape index (κ1) is 11.0. The van der Waals surface area contributed by atoms with Gasteiger partial charge in [-0.25, -0.2) is 0 Å². The molecular formula is C13H22N2. The molecule has 2 fully saturated rings. The lowest BCUT2D eigenvalue weighted by Gasteiger charge is -2.29. The Kier molecular flexibility index (Phi) is 3.31. The summed E-state index contributed by atoms with van der Waals surface area (Å²) in [6.07, 6.45) is 10.4. The molecule has 0 spiro atoms. The topological polar surface area (TPSA) is 35.8 Å². The molecule has 1 N–H and O–H groups in total. The van der Waals surface area contributed by atoms with Gasteiger partial charge in [0.15, 0.2) is 0 Å². The standard InChI is InChI=1S/C13H22N2/c1-13(10-14,11-8-9-11)15-12-6-4-2-3-5-7-12/h11-12,15H,2-9H2,1H3. The molecule has 1 unspecified atom stereocenters. The summed E-state index contributed by atoms with van der Waals surface area (Å²) >= 11 is 0. The van der Waals surface area contributed by atoms with E-state index in [0.29, 0.717) is 12.0 Å². The van der Waals surface area contributed by atoms with Crippen LogP contribution in [0, 0.1) is 17.2 Å². The van der Waals surface area contributed by atoms with Gasteiger partial charge < -0.3 is 0 Å². The molecule has 2 heteroatoms. The second-order valence-corrected chi connectivity index (χ2v) is 5.42. The van der Waals surface area contributed by atoms with Gasteiger partial charge in [0.25, 0.3) is 0 Å². The molecule has 84 valence electrons. The molecule has 0 heterocycles. The van der Waals surface area contributed by atoms with Gasteiger partial charge in [-0.05, 0) is 38.5 Å². The fourth-order valence-electron chi connectivity index (χ4n) is 2.75. The highest BCUT2D eigenvalue weighted by atomic mass is 15.0. The number of nitriles is 1. The summed E-state index contributed by atoms with van der Waals surface area (Å²) in [5.74, 6) is 0.616. The van der Waals surface area contributed by atoms with Crippen LogP contribution in [0.2, 0.25) is 0 Å². The minimum absolute atomic E-state index is 0.241. The van der Waals surface area contributed by atoms with E-state index in [1.54, 1.807) is 0 Å². The van der Waals surface area contributed by atoms with Crippen molar-refractivity contribution in [2.75, 3.05) is 0 Å². The van der Waals surface area contributed by atoms with E-state index >= 15 is 0 Å². The lowest BCUT2D eigenvalue weighted by Crippen LogP contribution is -2.48. The number of hydrogen-bond donors (Lipinski definition) is 1. The zero-order valence-corrected chi connectivity index (χ0v) is 9.76. The van der Waals surface area contributed by atoms with Crippen molar-refractivity contribution in [2.45, 2.75) is 69.9 Å². The van der Waals surface area contributed by atoms with Gasteiger partial charge in [0.1, 0.15) is 5.54 Å². The summed E-state index contributed by atoms with van der Waals surface area (Å²) < 4.78 is 0. The Labute approximate surface area is 93.0 Å². The summed E-state index contributed by atoms with van der Waals surface area (Å²) in [4.78, 5) is 0. The van der Waals surface area contributed by atoms with Crippen LogP contribution in [0.4, 0.5) is 0 Å². The first-order valence-corrected chi connectivity index (χ1v) is 6.43. The highest BCUT2D eigenvalue weighted by Gasteiger charge is 2.42. The minimum atomic E-state index is -0.241. The normalized spacial score (nSPS) is 27.7. The third-order valence-electron chi connectivity index (χ3n) is 3.99. The van der Waals surface area contributed by atoms with Crippen molar-refractivity contribution in [3.05, 3.63) is 0 Å². The van der Waals surface area contributed by atoms with Crippen LogP contribution >= 0.6 is 0 Å². The van der Waals surface area contributed by atoms with Crippen LogP contribution in [-0.2, 0) is 0 Å². The summed E-state index contributed by atoms with van der Waals surface area (Å²) in [5, 5.41) is 12.9. The molecule has 0 aliphatic heterocycles. The average molecular weight is 206 g/mol. The van der Waals surface area contributed by atoms with Crippen LogP contribution in [-0.4, -0.2) is 11.6 Å². The van der Waals surface area contributed by atoms with Crippen molar-refractivity contribution in [2.24, 2.45) is 5.92 Å². The maximum absolute atomic E-state index is 9.28. The molecule has 1 atom stereocenters. The number of nitrogens with one attached hydrogen (secondary N) is 1. The van der Waals surface area contributed by atoms with Crippen molar-refractivity contribution < 1.29 is 0 Å². The second-order valence-electron chi connectivity index (χ2n) is 5.42. The molecule has 0 aromatic carbocycles. The molecule has 0 aromatic heterocycles. The Morgan fingerprint density at radius 3 is 2.13 bits per heavy atom. The first-order chi connectivity index (χ1) is 7.24. The van der Waals surface area contributed by atoms with Crippen LogP contribution in [0.3, 0.4) is 0 Å². The average Bonchev–Trinajstić information content (AvgIpc) is 3.05. The highest BCUT2D eigenvalue weighted by molar-refractivity contribution is 5.13. The van der Waals surface area contributed by atoms with Gasteiger partial charge in [-0.2, -0.15) is 5.26 Å². The molecule has 2 nitrogen and oxygen atoms in total. The Balaban J connectivity index is 1.90. The van der Waals surface area contributed by atoms with Crippen LogP contribution in [0.25, 0.3) is 0 Å². The van der Waals surface area contributed by atoms with E-state index in [1.165, 1.54) is 51.4 Å². The zero-order valence-electron chi connectivity index (χ0n) is 9.76. The van der Waals surface area contributed by atoms with Crippen LogP contribution in [0.5, 0.6) is 0 Å². The molecule has 0 radical (unpaired) electrons.